The summed E-state index contributed by atoms with van der Waals surface area (Å²) in [5.74, 6) is 7.12. The van der Waals surface area contributed by atoms with Crippen molar-refractivity contribution in [3.8, 4) is 11.8 Å². The van der Waals surface area contributed by atoms with Crippen molar-refractivity contribution in [1.29, 1.82) is 0 Å². The number of hydrogen-bond acceptors (Lipinski definition) is 2. The zero-order valence-corrected chi connectivity index (χ0v) is 9.76. The summed E-state index contributed by atoms with van der Waals surface area (Å²) in [5, 5.41) is 3.70. The van der Waals surface area contributed by atoms with Gasteiger partial charge in [0.15, 0.2) is 0 Å². The van der Waals surface area contributed by atoms with E-state index in [0.29, 0.717) is 0 Å². The summed E-state index contributed by atoms with van der Waals surface area (Å²) in [5.41, 5.74) is 0. The Morgan fingerprint density at radius 3 is 2.53 bits per heavy atom. The maximum Gasteiger partial charge on any atom is 0.0601 e. The highest BCUT2D eigenvalue weighted by Crippen LogP contribution is 2.28. The highest BCUT2D eigenvalue weighted by Gasteiger charge is 2.23. The van der Waals surface area contributed by atoms with Gasteiger partial charge >= 0.3 is 0 Å². The van der Waals surface area contributed by atoms with Crippen molar-refractivity contribution < 1.29 is 0 Å². The van der Waals surface area contributed by atoms with Crippen LogP contribution in [0, 0.1) is 17.8 Å². The van der Waals surface area contributed by atoms with E-state index in [-0.39, 0.29) is 0 Å². The van der Waals surface area contributed by atoms with Gasteiger partial charge in [-0.1, -0.05) is 5.92 Å². The van der Waals surface area contributed by atoms with E-state index in [4.69, 9.17) is 0 Å². The molecule has 0 radical (unpaired) electrons. The van der Waals surface area contributed by atoms with Gasteiger partial charge in [0.05, 0.1) is 6.54 Å². The lowest BCUT2D eigenvalue weighted by atomic mass is 10.0. The first-order valence-corrected chi connectivity index (χ1v) is 6.24. The van der Waals surface area contributed by atoms with Crippen LogP contribution in [0.5, 0.6) is 0 Å². The molecule has 0 atom stereocenters. The third-order valence-electron chi connectivity index (χ3n) is 3.46. The van der Waals surface area contributed by atoms with Crippen molar-refractivity contribution in [3.05, 3.63) is 0 Å². The van der Waals surface area contributed by atoms with Crippen molar-refractivity contribution in [1.82, 2.24) is 10.2 Å². The average Bonchev–Trinajstić information content (AvgIpc) is 3.09. The molecular weight excluding hydrogens is 184 g/mol. The highest BCUT2D eigenvalue weighted by molar-refractivity contribution is 4.98. The molecule has 2 rings (SSSR count). The Balaban J connectivity index is 1.59. The minimum atomic E-state index is 0.774. The highest BCUT2D eigenvalue weighted by atomic mass is 15.1. The predicted molar refractivity (Wildman–Crippen MR) is 63.6 cm³/mol. The summed E-state index contributed by atoms with van der Waals surface area (Å²) in [7, 11) is 0. The van der Waals surface area contributed by atoms with E-state index in [0.717, 1.165) is 18.5 Å². The monoisotopic (exact) mass is 206 g/mol. The first-order chi connectivity index (χ1) is 7.38. The molecule has 0 aromatic carbocycles. The van der Waals surface area contributed by atoms with E-state index >= 15 is 0 Å². The summed E-state index contributed by atoms with van der Waals surface area (Å²) in [6, 6.07) is 0.774. The summed E-state index contributed by atoms with van der Waals surface area (Å²) in [6.45, 7) is 6.59. The van der Waals surface area contributed by atoms with Gasteiger partial charge in [0, 0.05) is 19.1 Å². The number of nitrogens with zero attached hydrogens (tertiary/aromatic N) is 1. The Morgan fingerprint density at radius 2 is 1.93 bits per heavy atom. The number of rotatable bonds is 4. The predicted octanol–water partition coefficient (Wildman–Crippen LogP) is 1.47. The molecule has 84 valence electrons. The molecule has 0 aromatic rings. The van der Waals surface area contributed by atoms with Crippen LogP contribution in [0.1, 0.15) is 32.6 Å². The third-order valence-corrected chi connectivity index (χ3v) is 3.46. The van der Waals surface area contributed by atoms with Crippen LogP contribution >= 0.6 is 0 Å². The van der Waals surface area contributed by atoms with Crippen LogP contribution in [0.2, 0.25) is 0 Å². The van der Waals surface area contributed by atoms with Gasteiger partial charge in [-0.3, -0.25) is 4.90 Å². The quantitative estimate of drug-likeness (QED) is 0.701. The zero-order valence-electron chi connectivity index (χ0n) is 9.76. The lowest BCUT2D eigenvalue weighted by molar-refractivity contribution is 0.217. The van der Waals surface area contributed by atoms with Gasteiger partial charge in [-0.2, -0.15) is 0 Å². The molecule has 1 aliphatic carbocycles. The van der Waals surface area contributed by atoms with E-state index < -0.39 is 0 Å². The molecule has 2 heteroatoms. The molecular formula is C13H22N2. The van der Waals surface area contributed by atoms with Crippen molar-refractivity contribution in [3.63, 3.8) is 0 Å². The number of hydrogen-bond donors (Lipinski definition) is 1. The molecule has 1 saturated heterocycles. The molecule has 0 amide bonds. The second-order valence-electron chi connectivity index (χ2n) is 4.83. The van der Waals surface area contributed by atoms with E-state index in [2.05, 4.69) is 22.1 Å². The standard InChI is InChI=1S/C13H22N2/c1-2-3-8-15-9-6-13(7-10-15)14-11-12-4-5-12/h12-14H,4-11H2,1H3. The first-order valence-electron chi connectivity index (χ1n) is 6.24. The van der Waals surface area contributed by atoms with Crippen molar-refractivity contribution >= 4 is 0 Å². The molecule has 2 aliphatic rings. The second kappa shape index (κ2) is 5.53. The smallest absolute Gasteiger partial charge is 0.0601 e. The van der Waals surface area contributed by atoms with Crippen molar-refractivity contribution in [2.45, 2.75) is 38.6 Å². The molecule has 1 saturated carbocycles. The Kier molecular flexibility index (Phi) is 4.05. The first kappa shape index (κ1) is 11.0. The Morgan fingerprint density at radius 1 is 1.20 bits per heavy atom. The molecule has 0 unspecified atom stereocenters. The molecule has 0 bridgehead atoms. The minimum Gasteiger partial charge on any atom is -0.314 e. The zero-order chi connectivity index (χ0) is 10.5. The van der Waals surface area contributed by atoms with E-state index in [1.165, 1.54) is 45.3 Å². The average molecular weight is 206 g/mol. The summed E-state index contributed by atoms with van der Waals surface area (Å²) in [4.78, 5) is 2.46. The Hall–Kier alpha value is -0.520. The molecule has 0 spiro atoms. The van der Waals surface area contributed by atoms with Crippen LogP contribution in [-0.2, 0) is 0 Å². The molecule has 15 heavy (non-hydrogen) atoms. The molecule has 2 nitrogen and oxygen atoms in total. The second-order valence-corrected chi connectivity index (χ2v) is 4.83. The van der Waals surface area contributed by atoms with Crippen LogP contribution in [0.25, 0.3) is 0 Å². The lowest BCUT2D eigenvalue weighted by Crippen LogP contribution is -2.43. The van der Waals surface area contributed by atoms with Crippen molar-refractivity contribution in [2.24, 2.45) is 5.92 Å². The van der Waals surface area contributed by atoms with E-state index in [9.17, 15) is 0 Å². The topological polar surface area (TPSA) is 15.3 Å². The van der Waals surface area contributed by atoms with Crippen LogP contribution in [0.4, 0.5) is 0 Å². The van der Waals surface area contributed by atoms with Gasteiger partial charge in [-0.25, -0.2) is 0 Å². The lowest BCUT2D eigenvalue weighted by Gasteiger charge is -2.31. The van der Waals surface area contributed by atoms with Gasteiger partial charge in [0.1, 0.15) is 0 Å². The fraction of sp³-hybridized carbons (Fsp3) is 0.846. The van der Waals surface area contributed by atoms with Crippen LogP contribution in [-0.4, -0.2) is 37.1 Å². The molecule has 1 heterocycles. The van der Waals surface area contributed by atoms with Crippen LogP contribution in [0.3, 0.4) is 0 Å². The minimum absolute atomic E-state index is 0.774. The normalized spacial score (nSPS) is 23.5. The van der Waals surface area contributed by atoms with Crippen molar-refractivity contribution in [2.75, 3.05) is 26.2 Å². The van der Waals surface area contributed by atoms with Gasteiger partial charge in [0.25, 0.3) is 0 Å². The fourth-order valence-electron chi connectivity index (χ4n) is 2.14. The number of likely N-dealkylation sites (tertiary alicyclic amines) is 1. The fourth-order valence-corrected chi connectivity index (χ4v) is 2.14. The van der Waals surface area contributed by atoms with E-state index in [1.54, 1.807) is 0 Å². The maximum absolute atomic E-state index is 3.70. The SMILES string of the molecule is CC#CCN1CCC(NCC2CC2)CC1. The maximum atomic E-state index is 3.70. The third kappa shape index (κ3) is 3.85. The summed E-state index contributed by atoms with van der Waals surface area (Å²) < 4.78 is 0. The largest absolute Gasteiger partial charge is 0.314 e. The van der Waals surface area contributed by atoms with Gasteiger partial charge in [0.2, 0.25) is 0 Å². The molecule has 1 aliphatic heterocycles. The van der Waals surface area contributed by atoms with Gasteiger partial charge in [-0.05, 0) is 45.1 Å². The van der Waals surface area contributed by atoms with Crippen LogP contribution in [0.15, 0.2) is 0 Å². The van der Waals surface area contributed by atoms with Gasteiger partial charge < -0.3 is 5.32 Å². The van der Waals surface area contributed by atoms with Gasteiger partial charge in [-0.15, -0.1) is 5.92 Å². The molecule has 2 fully saturated rings. The van der Waals surface area contributed by atoms with E-state index in [1.807, 2.05) is 6.92 Å². The number of nitrogens with one attached hydrogen (secondary N) is 1. The Labute approximate surface area is 93.4 Å². The summed E-state index contributed by atoms with van der Waals surface area (Å²) in [6.07, 6.45) is 5.52. The summed E-state index contributed by atoms with van der Waals surface area (Å²) >= 11 is 0. The molecule has 1 N–H and O–H groups in total. The number of piperidine rings is 1. The van der Waals surface area contributed by atoms with Crippen LogP contribution < -0.4 is 5.32 Å². The molecule has 0 aromatic heterocycles. The Bertz CT molecular complexity index is 239.